The molecule has 0 radical (unpaired) electrons. The van der Waals surface area contributed by atoms with Gasteiger partial charge in [-0.25, -0.2) is 9.18 Å². The zero-order valence-corrected chi connectivity index (χ0v) is 14.2. The Kier molecular flexibility index (Phi) is 7.64. The van der Waals surface area contributed by atoms with E-state index in [0.29, 0.717) is 12.3 Å². The summed E-state index contributed by atoms with van der Waals surface area (Å²) in [4.78, 5) is 34.7. The molecule has 3 N–H and O–H groups in total. The molecular weight excluding hydrogens is 339 g/mol. The molecule has 1 unspecified atom stereocenters. The van der Waals surface area contributed by atoms with Crippen LogP contribution in [0.2, 0.25) is 5.02 Å². The summed E-state index contributed by atoms with van der Waals surface area (Å²) in [6.45, 7) is 3.60. The Hall–Kier alpha value is -2.15. The highest BCUT2D eigenvalue weighted by Crippen LogP contribution is 2.20. The molecule has 0 heterocycles. The van der Waals surface area contributed by atoms with Gasteiger partial charge in [-0.3, -0.25) is 9.59 Å². The molecule has 2 amide bonds. The fourth-order valence-electron chi connectivity index (χ4n) is 1.88. The van der Waals surface area contributed by atoms with Crippen molar-refractivity contribution in [3.05, 3.63) is 34.6 Å². The van der Waals surface area contributed by atoms with Crippen LogP contribution in [-0.4, -0.2) is 29.4 Å². The number of aliphatic carboxylic acids is 1. The summed E-state index contributed by atoms with van der Waals surface area (Å²) in [5.41, 5.74) is 0.0453. The number of hydrogen-bond acceptors (Lipinski definition) is 3. The van der Waals surface area contributed by atoms with Crippen molar-refractivity contribution in [3.63, 3.8) is 0 Å². The third-order valence-corrected chi connectivity index (χ3v) is 3.53. The largest absolute Gasteiger partial charge is 0.479 e. The standard InChI is InChI=1S/C16H20ClFN2O4/c1-9(2)3-6-13(21)19-8-14(22)20-15(16(23)24)10-4-5-11(17)12(18)7-10/h4-5,7,9,15H,3,6,8H2,1-2H3,(H,19,21)(H,20,22)(H,23,24). The molecule has 8 heteroatoms. The Morgan fingerprint density at radius 2 is 1.92 bits per heavy atom. The van der Waals surface area contributed by atoms with Gasteiger partial charge < -0.3 is 15.7 Å². The first-order chi connectivity index (χ1) is 11.2. The number of nitrogens with one attached hydrogen (secondary N) is 2. The average molecular weight is 359 g/mol. The van der Waals surface area contributed by atoms with Gasteiger partial charge in [-0.1, -0.05) is 31.5 Å². The highest BCUT2D eigenvalue weighted by atomic mass is 35.5. The molecule has 0 spiro atoms. The number of carbonyl (C=O) groups is 3. The van der Waals surface area contributed by atoms with E-state index in [1.807, 2.05) is 13.8 Å². The summed E-state index contributed by atoms with van der Waals surface area (Å²) in [7, 11) is 0. The minimum absolute atomic E-state index is 0.0453. The predicted molar refractivity (Wildman–Crippen MR) is 87.0 cm³/mol. The number of carbonyl (C=O) groups excluding carboxylic acids is 2. The second kappa shape index (κ2) is 9.22. The Bertz CT molecular complexity index is 622. The van der Waals surface area contributed by atoms with Crippen LogP contribution in [0.4, 0.5) is 4.39 Å². The highest BCUT2D eigenvalue weighted by molar-refractivity contribution is 6.30. The van der Waals surface area contributed by atoms with E-state index in [2.05, 4.69) is 10.6 Å². The van der Waals surface area contributed by atoms with Crippen molar-refractivity contribution >= 4 is 29.4 Å². The van der Waals surface area contributed by atoms with Gasteiger partial charge in [-0.05, 0) is 30.0 Å². The average Bonchev–Trinajstić information content (AvgIpc) is 2.51. The molecule has 0 aliphatic heterocycles. The predicted octanol–water partition coefficient (Wildman–Crippen LogP) is 2.27. The van der Waals surface area contributed by atoms with Crippen molar-refractivity contribution in [1.29, 1.82) is 0 Å². The molecule has 6 nitrogen and oxygen atoms in total. The number of benzene rings is 1. The van der Waals surface area contributed by atoms with Gasteiger partial charge in [-0.15, -0.1) is 0 Å². The van der Waals surface area contributed by atoms with Crippen molar-refractivity contribution in [3.8, 4) is 0 Å². The maximum Gasteiger partial charge on any atom is 0.330 e. The van der Waals surface area contributed by atoms with Crippen LogP contribution in [-0.2, 0) is 14.4 Å². The van der Waals surface area contributed by atoms with Crippen LogP contribution >= 0.6 is 11.6 Å². The van der Waals surface area contributed by atoms with Gasteiger partial charge in [0, 0.05) is 6.42 Å². The lowest BCUT2D eigenvalue weighted by Crippen LogP contribution is -2.41. The van der Waals surface area contributed by atoms with E-state index >= 15 is 0 Å². The van der Waals surface area contributed by atoms with E-state index in [9.17, 15) is 23.9 Å². The first kappa shape index (κ1) is 19.9. The quantitative estimate of drug-likeness (QED) is 0.664. The minimum atomic E-state index is -1.43. The summed E-state index contributed by atoms with van der Waals surface area (Å²) < 4.78 is 13.4. The maximum atomic E-state index is 13.4. The molecule has 1 rings (SSSR count). The fourth-order valence-corrected chi connectivity index (χ4v) is 2.00. The van der Waals surface area contributed by atoms with Crippen LogP contribution in [0.3, 0.4) is 0 Å². The van der Waals surface area contributed by atoms with E-state index < -0.39 is 23.7 Å². The summed E-state index contributed by atoms with van der Waals surface area (Å²) >= 11 is 5.55. The van der Waals surface area contributed by atoms with Crippen molar-refractivity contribution < 1.29 is 23.9 Å². The van der Waals surface area contributed by atoms with Gasteiger partial charge in [0.05, 0.1) is 11.6 Å². The lowest BCUT2D eigenvalue weighted by atomic mass is 10.1. The molecule has 1 atom stereocenters. The molecule has 0 aromatic heterocycles. The zero-order chi connectivity index (χ0) is 18.3. The molecule has 0 bridgehead atoms. The molecule has 0 aliphatic rings. The van der Waals surface area contributed by atoms with Gasteiger partial charge in [0.2, 0.25) is 11.8 Å². The molecule has 1 aromatic carbocycles. The molecule has 132 valence electrons. The van der Waals surface area contributed by atoms with Gasteiger partial charge in [0.1, 0.15) is 5.82 Å². The van der Waals surface area contributed by atoms with Crippen molar-refractivity contribution in [1.82, 2.24) is 10.6 Å². The zero-order valence-electron chi connectivity index (χ0n) is 13.4. The second-order valence-electron chi connectivity index (χ2n) is 5.72. The highest BCUT2D eigenvalue weighted by Gasteiger charge is 2.23. The third kappa shape index (κ3) is 6.54. The van der Waals surface area contributed by atoms with Crippen molar-refractivity contribution in [2.24, 2.45) is 5.92 Å². The van der Waals surface area contributed by atoms with Crippen LogP contribution in [0, 0.1) is 11.7 Å². The Labute approximate surface area is 144 Å². The third-order valence-electron chi connectivity index (χ3n) is 3.22. The number of amides is 2. The van der Waals surface area contributed by atoms with Gasteiger partial charge in [0.15, 0.2) is 6.04 Å². The number of carboxylic acid groups (broad SMARTS) is 1. The van der Waals surface area contributed by atoms with E-state index in [1.54, 1.807) is 0 Å². The van der Waals surface area contributed by atoms with Crippen LogP contribution in [0.15, 0.2) is 18.2 Å². The van der Waals surface area contributed by atoms with E-state index in [0.717, 1.165) is 6.07 Å². The Morgan fingerprint density at radius 3 is 2.46 bits per heavy atom. The Morgan fingerprint density at radius 1 is 1.25 bits per heavy atom. The SMILES string of the molecule is CC(C)CCC(=O)NCC(=O)NC(C(=O)O)c1ccc(Cl)c(F)c1. The van der Waals surface area contributed by atoms with E-state index in [4.69, 9.17) is 11.6 Å². The molecule has 0 saturated carbocycles. The topological polar surface area (TPSA) is 95.5 Å². The monoisotopic (exact) mass is 358 g/mol. The van der Waals surface area contributed by atoms with Gasteiger partial charge in [-0.2, -0.15) is 0 Å². The number of halogens is 2. The molecule has 0 aliphatic carbocycles. The molecule has 1 aromatic rings. The lowest BCUT2D eigenvalue weighted by molar-refractivity contribution is -0.142. The number of hydrogen-bond donors (Lipinski definition) is 3. The van der Waals surface area contributed by atoms with Gasteiger partial charge in [0.25, 0.3) is 0 Å². The summed E-state index contributed by atoms with van der Waals surface area (Å²) in [5.74, 6) is -2.74. The maximum absolute atomic E-state index is 13.4. The molecule has 0 saturated heterocycles. The second-order valence-corrected chi connectivity index (χ2v) is 6.13. The van der Waals surface area contributed by atoms with Crippen molar-refractivity contribution in [2.75, 3.05) is 6.54 Å². The smallest absolute Gasteiger partial charge is 0.330 e. The van der Waals surface area contributed by atoms with Crippen LogP contribution in [0.25, 0.3) is 0 Å². The molecular formula is C16H20ClFN2O4. The first-order valence-corrected chi connectivity index (χ1v) is 7.82. The first-order valence-electron chi connectivity index (χ1n) is 7.44. The van der Waals surface area contributed by atoms with Crippen LogP contribution < -0.4 is 10.6 Å². The number of rotatable bonds is 8. The summed E-state index contributed by atoms with van der Waals surface area (Å²) in [6, 6.07) is 2.04. The van der Waals surface area contributed by atoms with Crippen LogP contribution in [0.1, 0.15) is 38.3 Å². The van der Waals surface area contributed by atoms with E-state index in [-0.39, 0.29) is 29.5 Å². The van der Waals surface area contributed by atoms with E-state index in [1.165, 1.54) is 12.1 Å². The number of carboxylic acids is 1. The van der Waals surface area contributed by atoms with Gasteiger partial charge >= 0.3 is 5.97 Å². The normalized spacial score (nSPS) is 11.9. The van der Waals surface area contributed by atoms with Crippen molar-refractivity contribution in [2.45, 2.75) is 32.7 Å². The summed E-state index contributed by atoms with van der Waals surface area (Å²) in [5, 5.41) is 13.7. The minimum Gasteiger partial charge on any atom is -0.479 e. The lowest BCUT2D eigenvalue weighted by Gasteiger charge is -2.15. The molecule has 0 fully saturated rings. The molecule has 24 heavy (non-hydrogen) atoms. The summed E-state index contributed by atoms with van der Waals surface area (Å²) in [6.07, 6.45) is 0.977. The fraction of sp³-hybridized carbons (Fsp3) is 0.438. The Balaban J connectivity index is 2.62. The van der Waals surface area contributed by atoms with Crippen LogP contribution in [0.5, 0.6) is 0 Å².